The Morgan fingerprint density at radius 1 is 1.12 bits per heavy atom. The molecule has 1 saturated heterocycles. The first-order chi connectivity index (χ1) is 12.7. The Labute approximate surface area is 154 Å². The van der Waals surface area contributed by atoms with Crippen molar-refractivity contribution in [2.75, 3.05) is 32.6 Å². The van der Waals surface area contributed by atoms with E-state index in [2.05, 4.69) is 34.5 Å². The van der Waals surface area contributed by atoms with Gasteiger partial charge in [-0.1, -0.05) is 30.3 Å². The number of likely N-dealkylation sites (tertiary alicyclic amines) is 1. The molecular weight excluding hydrogens is 328 g/mol. The molecular formula is C21H26N2O3. The summed E-state index contributed by atoms with van der Waals surface area (Å²) in [5.41, 5.74) is 2.02. The van der Waals surface area contributed by atoms with Crippen LogP contribution in [-0.2, 0) is 11.3 Å². The smallest absolute Gasteiger partial charge is 0.228 e. The molecule has 5 heteroatoms. The van der Waals surface area contributed by atoms with E-state index in [1.54, 1.807) is 26.4 Å². The number of piperidine rings is 1. The van der Waals surface area contributed by atoms with Crippen molar-refractivity contribution in [2.45, 2.75) is 19.4 Å². The van der Waals surface area contributed by atoms with E-state index in [9.17, 15) is 4.79 Å². The van der Waals surface area contributed by atoms with E-state index in [0.717, 1.165) is 38.2 Å². The minimum Gasteiger partial charge on any atom is -0.493 e. The highest BCUT2D eigenvalue weighted by Crippen LogP contribution is 2.30. The molecule has 0 radical (unpaired) electrons. The predicted molar refractivity (Wildman–Crippen MR) is 103 cm³/mol. The topological polar surface area (TPSA) is 50.8 Å². The molecule has 2 aromatic carbocycles. The molecule has 1 unspecified atom stereocenters. The number of hydrogen-bond acceptors (Lipinski definition) is 4. The van der Waals surface area contributed by atoms with Crippen molar-refractivity contribution in [3.8, 4) is 11.5 Å². The van der Waals surface area contributed by atoms with Crippen molar-refractivity contribution in [3.05, 3.63) is 54.1 Å². The van der Waals surface area contributed by atoms with Crippen molar-refractivity contribution in [2.24, 2.45) is 5.92 Å². The lowest BCUT2D eigenvalue weighted by atomic mass is 9.96. The number of hydrogen-bond donors (Lipinski definition) is 1. The number of rotatable bonds is 6. The van der Waals surface area contributed by atoms with E-state index in [1.807, 2.05) is 12.1 Å². The van der Waals surface area contributed by atoms with Gasteiger partial charge >= 0.3 is 0 Å². The fourth-order valence-corrected chi connectivity index (χ4v) is 3.41. The van der Waals surface area contributed by atoms with Crippen LogP contribution in [-0.4, -0.2) is 38.1 Å². The monoisotopic (exact) mass is 354 g/mol. The van der Waals surface area contributed by atoms with Gasteiger partial charge in [0, 0.05) is 24.8 Å². The first-order valence-electron chi connectivity index (χ1n) is 8.98. The van der Waals surface area contributed by atoms with Crippen LogP contribution in [0.2, 0.25) is 0 Å². The fourth-order valence-electron chi connectivity index (χ4n) is 3.41. The minimum absolute atomic E-state index is 0.000517. The average Bonchev–Trinajstić information content (AvgIpc) is 2.69. The summed E-state index contributed by atoms with van der Waals surface area (Å²) in [4.78, 5) is 15.1. The maximum absolute atomic E-state index is 12.7. The highest BCUT2D eigenvalue weighted by molar-refractivity contribution is 5.93. The Bertz CT molecular complexity index is 733. The number of benzene rings is 2. The SMILES string of the molecule is COc1ccc(NC(=O)C2CCCN(Cc3ccccc3)C2)cc1OC. The standard InChI is InChI=1S/C21H26N2O3/c1-25-19-11-10-18(13-20(19)26-2)22-21(24)17-9-6-12-23(15-17)14-16-7-4-3-5-8-16/h3-5,7-8,10-11,13,17H,6,9,12,14-15H2,1-2H3,(H,22,24). The number of ether oxygens (including phenoxy) is 2. The Morgan fingerprint density at radius 2 is 1.88 bits per heavy atom. The lowest BCUT2D eigenvalue weighted by Gasteiger charge is -2.32. The summed E-state index contributed by atoms with van der Waals surface area (Å²) in [6.45, 7) is 2.71. The zero-order chi connectivity index (χ0) is 18.4. The van der Waals surface area contributed by atoms with Crippen LogP contribution < -0.4 is 14.8 Å². The highest BCUT2D eigenvalue weighted by atomic mass is 16.5. The molecule has 1 fully saturated rings. The van der Waals surface area contributed by atoms with E-state index in [0.29, 0.717) is 11.5 Å². The number of anilines is 1. The van der Waals surface area contributed by atoms with Crippen molar-refractivity contribution in [1.29, 1.82) is 0 Å². The van der Waals surface area contributed by atoms with Gasteiger partial charge < -0.3 is 14.8 Å². The van der Waals surface area contributed by atoms with E-state index in [4.69, 9.17) is 9.47 Å². The molecule has 0 aromatic heterocycles. The summed E-state index contributed by atoms with van der Waals surface area (Å²) in [6.07, 6.45) is 1.96. The average molecular weight is 354 g/mol. The summed E-state index contributed by atoms with van der Waals surface area (Å²) in [5, 5.41) is 3.02. The summed E-state index contributed by atoms with van der Waals surface area (Å²) in [6, 6.07) is 15.8. The zero-order valence-corrected chi connectivity index (χ0v) is 15.4. The largest absolute Gasteiger partial charge is 0.493 e. The lowest BCUT2D eigenvalue weighted by molar-refractivity contribution is -0.121. The first kappa shape index (κ1) is 18.3. The van der Waals surface area contributed by atoms with E-state index in [-0.39, 0.29) is 11.8 Å². The maximum Gasteiger partial charge on any atom is 0.228 e. The number of carbonyl (C=O) groups is 1. The van der Waals surface area contributed by atoms with Crippen molar-refractivity contribution < 1.29 is 14.3 Å². The zero-order valence-electron chi connectivity index (χ0n) is 15.4. The van der Waals surface area contributed by atoms with Gasteiger partial charge in [-0.05, 0) is 37.1 Å². The molecule has 1 atom stereocenters. The lowest BCUT2D eigenvalue weighted by Crippen LogP contribution is -2.40. The molecule has 1 aliphatic heterocycles. The van der Waals surface area contributed by atoms with Crippen molar-refractivity contribution >= 4 is 11.6 Å². The van der Waals surface area contributed by atoms with Gasteiger partial charge in [-0.2, -0.15) is 0 Å². The molecule has 0 bridgehead atoms. The third kappa shape index (κ3) is 4.55. The van der Waals surface area contributed by atoms with Gasteiger partial charge in [0.05, 0.1) is 20.1 Å². The molecule has 5 nitrogen and oxygen atoms in total. The summed E-state index contributed by atoms with van der Waals surface area (Å²) in [7, 11) is 3.19. The van der Waals surface area contributed by atoms with Gasteiger partial charge in [0.2, 0.25) is 5.91 Å². The molecule has 3 rings (SSSR count). The molecule has 1 amide bonds. The number of amides is 1. The van der Waals surface area contributed by atoms with Crippen LogP contribution >= 0.6 is 0 Å². The maximum atomic E-state index is 12.7. The molecule has 2 aromatic rings. The van der Waals surface area contributed by atoms with Gasteiger partial charge in [0.15, 0.2) is 11.5 Å². The van der Waals surface area contributed by atoms with Gasteiger partial charge in [0.25, 0.3) is 0 Å². The predicted octanol–water partition coefficient (Wildman–Crippen LogP) is 3.55. The van der Waals surface area contributed by atoms with Crippen molar-refractivity contribution in [1.82, 2.24) is 4.90 Å². The number of nitrogens with one attached hydrogen (secondary N) is 1. The molecule has 0 aliphatic carbocycles. The van der Waals surface area contributed by atoms with E-state index in [1.165, 1.54) is 5.56 Å². The Morgan fingerprint density at radius 3 is 2.62 bits per heavy atom. The summed E-state index contributed by atoms with van der Waals surface area (Å²) in [5.74, 6) is 1.33. The van der Waals surface area contributed by atoms with Gasteiger partial charge in [-0.15, -0.1) is 0 Å². The normalized spacial score (nSPS) is 17.5. The van der Waals surface area contributed by atoms with Crippen LogP contribution in [0.15, 0.2) is 48.5 Å². The Hall–Kier alpha value is -2.53. The second-order valence-electron chi connectivity index (χ2n) is 6.62. The Kier molecular flexibility index (Phi) is 6.12. The fraction of sp³-hybridized carbons (Fsp3) is 0.381. The molecule has 0 saturated carbocycles. The first-order valence-corrected chi connectivity index (χ1v) is 8.98. The molecule has 138 valence electrons. The molecule has 26 heavy (non-hydrogen) atoms. The van der Waals surface area contributed by atoms with Crippen LogP contribution in [0.25, 0.3) is 0 Å². The van der Waals surface area contributed by atoms with E-state index < -0.39 is 0 Å². The third-order valence-electron chi connectivity index (χ3n) is 4.78. The Balaban J connectivity index is 1.60. The van der Waals surface area contributed by atoms with E-state index >= 15 is 0 Å². The van der Waals surface area contributed by atoms with Crippen LogP contribution in [0.1, 0.15) is 18.4 Å². The highest BCUT2D eigenvalue weighted by Gasteiger charge is 2.26. The number of methoxy groups -OCH3 is 2. The van der Waals surface area contributed by atoms with Gasteiger partial charge in [-0.25, -0.2) is 0 Å². The second-order valence-corrected chi connectivity index (χ2v) is 6.62. The molecule has 1 aliphatic rings. The third-order valence-corrected chi connectivity index (χ3v) is 4.78. The van der Waals surface area contributed by atoms with Crippen LogP contribution in [0.5, 0.6) is 11.5 Å². The molecule has 1 N–H and O–H groups in total. The number of nitrogens with zero attached hydrogens (tertiary/aromatic N) is 1. The quantitative estimate of drug-likeness (QED) is 0.862. The van der Waals surface area contributed by atoms with Gasteiger partial charge in [0.1, 0.15) is 0 Å². The summed E-state index contributed by atoms with van der Waals surface area (Å²) >= 11 is 0. The molecule has 1 heterocycles. The minimum atomic E-state index is 0.000517. The molecule has 0 spiro atoms. The van der Waals surface area contributed by atoms with Crippen LogP contribution in [0, 0.1) is 5.92 Å². The number of carbonyl (C=O) groups excluding carboxylic acids is 1. The second kappa shape index (κ2) is 8.72. The summed E-state index contributed by atoms with van der Waals surface area (Å²) < 4.78 is 10.5. The van der Waals surface area contributed by atoms with Crippen LogP contribution in [0.4, 0.5) is 5.69 Å². The van der Waals surface area contributed by atoms with Gasteiger partial charge in [-0.3, -0.25) is 9.69 Å². The van der Waals surface area contributed by atoms with Crippen LogP contribution in [0.3, 0.4) is 0 Å². The van der Waals surface area contributed by atoms with Crippen molar-refractivity contribution in [3.63, 3.8) is 0 Å².